The highest BCUT2D eigenvalue weighted by molar-refractivity contribution is 6.02. The molecule has 0 heterocycles. The molecule has 1 aromatic carbocycles. The summed E-state index contributed by atoms with van der Waals surface area (Å²) in [5.74, 6) is -1.11. The summed E-state index contributed by atoms with van der Waals surface area (Å²) >= 11 is 0. The van der Waals surface area contributed by atoms with Crippen molar-refractivity contribution in [1.29, 1.82) is 0 Å². The largest absolute Gasteiger partial charge is 0.461 e. The van der Waals surface area contributed by atoms with Crippen LogP contribution in [0.15, 0.2) is 42.5 Å². The summed E-state index contributed by atoms with van der Waals surface area (Å²) in [5.41, 5.74) is 1.36. The third-order valence-corrected chi connectivity index (χ3v) is 5.83. The van der Waals surface area contributed by atoms with Crippen LogP contribution in [0, 0.1) is 0 Å². The molecule has 0 aromatic heterocycles. The first kappa shape index (κ1) is 31.1. The first-order valence-electron chi connectivity index (χ1n) is 13.4. The summed E-state index contributed by atoms with van der Waals surface area (Å²) in [4.78, 5) is 38.1. The van der Waals surface area contributed by atoms with Crippen LogP contribution in [0.25, 0.3) is 6.08 Å². The Morgan fingerprint density at radius 1 is 0.861 bits per heavy atom. The zero-order chi connectivity index (χ0) is 26.4. The Hall–Kier alpha value is -2.93. The summed E-state index contributed by atoms with van der Waals surface area (Å²) in [5, 5.41) is 5.63. The molecule has 1 aromatic rings. The molecular weight excluding hydrogens is 454 g/mol. The number of carbonyl (C=O) groups excluding carboxylic acids is 3. The number of rotatable bonds is 19. The van der Waals surface area contributed by atoms with Gasteiger partial charge in [0.05, 0.1) is 0 Å². The van der Waals surface area contributed by atoms with Gasteiger partial charge in [-0.3, -0.25) is 9.59 Å². The van der Waals surface area contributed by atoms with E-state index in [1.165, 1.54) is 44.6 Å². The Balaban J connectivity index is 2.32. The number of anilines is 1. The van der Waals surface area contributed by atoms with Gasteiger partial charge < -0.3 is 20.3 Å². The lowest BCUT2D eigenvalue weighted by molar-refractivity contribution is -0.138. The molecule has 0 radical (unpaired) electrons. The quantitative estimate of drug-likeness (QED) is 0.152. The first-order chi connectivity index (χ1) is 17.5. The predicted octanol–water partition coefficient (Wildman–Crippen LogP) is 5.34. The smallest absolute Gasteiger partial charge is 0.330 e. The second kappa shape index (κ2) is 20.3. The van der Waals surface area contributed by atoms with E-state index in [0.29, 0.717) is 18.8 Å². The van der Waals surface area contributed by atoms with Gasteiger partial charge in [-0.2, -0.15) is 0 Å². The van der Waals surface area contributed by atoms with Gasteiger partial charge in [0, 0.05) is 37.0 Å². The molecule has 2 amide bonds. The third kappa shape index (κ3) is 15.9. The maximum Gasteiger partial charge on any atom is 0.330 e. The summed E-state index contributed by atoms with van der Waals surface area (Å²) < 4.78 is 5.12. The average molecular weight is 500 g/mol. The maximum atomic E-state index is 12.1. The number of likely N-dealkylation sites (N-methyl/N-ethyl adjacent to an activating group) is 1. The molecule has 0 saturated carbocycles. The van der Waals surface area contributed by atoms with Crippen molar-refractivity contribution in [3.63, 3.8) is 0 Å². The fourth-order valence-electron chi connectivity index (χ4n) is 3.61. The summed E-state index contributed by atoms with van der Waals surface area (Å²) in [7, 11) is 0. The van der Waals surface area contributed by atoms with Crippen molar-refractivity contribution in [2.75, 3.05) is 38.1 Å². The van der Waals surface area contributed by atoms with E-state index in [2.05, 4.69) is 22.5 Å². The number of carbonyl (C=O) groups is 3. The van der Waals surface area contributed by atoms with Crippen molar-refractivity contribution < 1.29 is 19.1 Å². The van der Waals surface area contributed by atoms with Crippen LogP contribution in [0.1, 0.15) is 77.7 Å². The molecule has 7 nitrogen and oxygen atoms in total. The zero-order valence-corrected chi connectivity index (χ0v) is 22.4. The molecule has 7 heteroatoms. The highest BCUT2D eigenvalue weighted by Crippen LogP contribution is 2.12. The maximum absolute atomic E-state index is 12.1. The monoisotopic (exact) mass is 499 g/mol. The predicted molar refractivity (Wildman–Crippen MR) is 148 cm³/mol. The number of benzene rings is 1. The van der Waals surface area contributed by atoms with E-state index in [-0.39, 0.29) is 12.5 Å². The van der Waals surface area contributed by atoms with Crippen LogP contribution in [-0.4, -0.2) is 55.5 Å². The Bertz CT molecular complexity index is 832. The molecule has 0 spiro atoms. The first-order valence-corrected chi connectivity index (χ1v) is 13.4. The second-order valence-electron chi connectivity index (χ2n) is 8.74. The minimum atomic E-state index is -0.549. The molecule has 2 N–H and O–H groups in total. The van der Waals surface area contributed by atoms with Gasteiger partial charge in [-0.25, -0.2) is 4.79 Å². The summed E-state index contributed by atoms with van der Waals surface area (Å²) in [6.07, 6.45) is 15.3. The van der Waals surface area contributed by atoms with Gasteiger partial charge in [-0.1, -0.05) is 77.8 Å². The van der Waals surface area contributed by atoms with Crippen molar-refractivity contribution in [3.05, 3.63) is 48.1 Å². The van der Waals surface area contributed by atoms with Crippen LogP contribution >= 0.6 is 0 Å². The van der Waals surface area contributed by atoms with Gasteiger partial charge >= 0.3 is 5.97 Å². The molecule has 0 bridgehead atoms. The Morgan fingerprint density at radius 2 is 1.56 bits per heavy atom. The zero-order valence-electron chi connectivity index (χ0n) is 22.4. The van der Waals surface area contributed by atoms with Crippen LogP contribution in [0.3, 0.4) is 0 Å². The van der Waals surface area contributed by atoms with Crippen LogP contribution in [0.5, 0.6) is 0 Å². The van der Waals surface area contributed by atoms with Gasteiger partial charge in [0.25, 0.3) is 0 Å². The number of amides is 2. The van der Waals surface area contributed by atoms with Gasteiger partial charge in [0.2, 0.25) is 11.8 Å². The Morgan fingerprint density at radius 3 is 2.25 bits per heavy atom. The van der Waals surface area contributed by atoms with E-state index in [0.717, 1.165) is 43.6 Å². The number of esters is 1. The fourth-order valence-corrected chi connectivity index (χ4v) is 3.61. The molecule has 1 rings (SSSR count). The molecule has 0 fully saturated rings. The molecule has 200 valence electrons. The number of hydrogen-bond acceptors (Lipinski definition) is 5. The minimum Gasteiger partial charge on any atom is -0.461 e. The van der Waals surface area contributed by atoms with Crippen molar-refractivity contribution in [1.82, 2.24) is 10.2 Å². The van der Waals surface area contributed by atoms with Crippen LogP contribution in [0.4, 0.5) is 5.69 Å². The van der Waals surface area contributed by atoms with Crippen molar-refractivity contribution in [2.24, 2.45) is 0 Å². The molecule has 0 atom stereocenters. The van der Waals surface area contributed by atoms with E-state index in [4.69, 9.17) is 4.74 Å². The molecule has 0 aliphatic rings. The number of nitrogens with zero attached hydrogens (tertiary/aromatic N) is 1. The molecular formula is C29H45N3O4. The number of ether oxygens (including phenoxy) is 1. The van der Waals surface area contributed by atoms with Crippen LogP contribution in [0.2, 0.25) is 0 Å². The van der Waals surface area contributed by atoms with Gasteiger partial charge in [-0.05, 0) is 43.3 Å². The van der Waals surface area contributed by atoms with E-state index >= 15 is 0 Å². The van der Waals surface area contributed by atoms with E-state index in [9.17, 15) is 14.4 Å². The molecule has 36 heavy (non-hydrogen) atoms. The molecule has 0 saturated heterocycles. The topological polar surface area (TPSA) is 87.7 Å². The van der Waals surface area contributed by atoms with Gasteiger partial charge in [0.1, 0.15) is 6.61 Å². The third-order valence-electron chi connectivity index (χ3n) is 5.83. The summed E-state index contributed by atoms with van der Waals surface area (Å²) in [6, 6.07) is 7.14. The Kier molecular flexibility index (Phi) is 17.5. The second-order valence-corrected chi connectivity index (χ2v) is 8.74. The van der Waals surface area contributed by atoms with E-state index < -0.39 is 11.9 Å². The number of unbranched alkanes of at least 4 members (excludes halogenated alkanes) is 7. The molecule has 0 unspecified atom stereocenters. The van der Waals surface area contributed by atoms with Crippen LogP contribution in [-0.2, 0) is 19.1 Å². The highest BCUT2D eigenvalue weighted by Gasteiger charge is 2.04. The normalized spacial score (nSPS) is 11.3. The lowest BCUT2D eigenvalue weighted by Gasteiger charge is -2.16. The van der Waals surface area contributed by atoms with Crippen molar-refractivity contribution in [2.45, 2.75) is 72.1 Å². The van der Waals surface area contributed by atoms with Crippen molar-refractivity contribution >= 4 is 29.5 Å². The van der Waals surface area contributed by atoms with Gasteiger partial charge in [-0.15, -0.1) is 0 Å². The SMILES string of the molecule is CCCCCCCCCCNC(=O)C=Cc1cccc(NC(=O)/C=C\C(=O)OCCN(CC)CC)c1. The molecule has 0 aliphatic heterocycles. The fraction of sp³-hybridized carbons (Fsp3) is 0.552. The van der Waals surface area contributed by atoms with E-state index in [1.54, 1.807) is 24.3 Å². The summed E-state index contributed by atoms with van der Waals surface area (Å²) in [6.45, 7) is 9.74. The lowest BCUT2D eigenvalue weighted by atomic mass is 10.1. The minimum absolute atomic E-state index is 0.130. The highest BCUT2D eigenvalue weighted by atomic mass is 16.5. The standard InChI is InChI=1S/C29H45N3O4/c1-4-7-8-9-10-11-12-13-21-30-27(33)18-17-25-15-14-16-26(24-25)31-28(34)19-20-29(35)36-23-22-32(5-2)6-3/h14-20,24H,4-13,21-23H2,1-3H3,(H,30,33)(H,31,34)/b18-17?,20-19-. The number of hydrogen-bond donors (Lipinski definition) is 2. The van der Waals surface area contributed by atoms with Crippen molar-refractivity contribution in [3.8, 4) is 0 Å². The van der Waals surface area contributed by atoms with Gasteiger partial charge in [0.15, 0.2) is 0 Å². The van der Waals surface area contributed by atoms with Crippen LogP contribution < -0.4 is 10.6 Å². The number of nitrogens with one attached hydrogen (secondary N) is 2. The lowest BCUT2D eigenvalue weighted by Crippen LogP contribution is -2.27. The average Bonchev–Trinajstić information content (AvgIpc) is 2.88. The molecule has 0 aliphatic carbocycles. The Labute approximate surface area is 217 Å². The van der Waals surface area contributed by atoms with E-state index in [1.807, 2.05) is 19.9 Å².